The maximum atomic E-state index is 11.4. The summed E-state index contributed by atoms with van der Waals surface area (Å²) in [6.07, 6.45) is 5.58. The van der Waals surface area contributed by atoms with Crippen LogP contribution in [0.4, 0.5) is 5.69 Å². The number of terminal acetylenes is 1. The lowest BCUT2D eigenvalue weighted by atomic mass is 10.3. The SMILES string of the molecule is C#CCCNC(=O)c1sccc1N. The Morgan fingerprint density at radius 3 is 3.08 bits per heavy atom. The Balaban J connectivity index is 2.50. The molecule has 3 N–H and O–H groups in total. The van der Waals surface area contributed by atoms with Crippen molar-refractivity contribution in [3.63, 3.8) is 0 Å². The number of rotatable bonds is 3. The Bertz CT molecular complexity index is 338. The van der Waals surface area contributed by atoms with E-state index in [2.05, 4.69) is 11.2 Å². The van der Waals surface area contributed by atoms with Crippen LogP contribution < -0.4 is 11.1 Å². The van der Waals surface area contributed by atoms with Gasteiger partial charge in [0.05, 0.1) is 5.69 Å². The van der Waals surface area contributed by atoms with Crippen molar-refractivity contribution in [2.75, 3.05) is 12.3 Å². The van der Waals surface area contributed by atoms with Gasteiger partial charge in [0, 0.05) is 13.0 Å². The van der Waals surface area contributed by atoms with Crippen LogP contribution in [0, 0.1) is 12.3 Å². The maximum absolute atomic E-state index is 11.4. The standard InChI is InChI=1S/C9H10N2OS/c1-2-3-5-11-9(12)8-7(10)4-6-13-8/h1,4,6H,3,5,10H2,(H,11,12). The highest BCUT2D eigenvalue weighted by Crippen LogP contribution is 2.17. The maximum Gasteiger partial charge on any atom is 0.263 e. The fourth-order valence-corrected chi connectivity index (χ4v) is 1.57. The van der Waals surface area contributed by atoms with Gasteiger partial charge in [-0.1, -0.05) is 0 Å². The van der Waals surface area contributed by atoms with E-state index in [0.29, 0.717) is 23.5 Å². The van der Waals surface area contributed by atoms with Crippen LogP contribution in [0.3, 0.4) is 0 Å². The molecule has 0 aliphatic rings. The lowest BCUT2D eigenvalue weighted by Gasteiger charge is -2.00. The molecule has 0 radical (unpaired) electrons. The van der Waals surface area contributed by atoms with E-state index in [1.54, 1.807) is 11.4 Å². The Hall–Kier alpha value is -1.47. The highest BCUT2D eigenvalue weighted by atomic mass is 32.1. The third kappa shape index (κ3) is 2.49. The molecule has 0 aliphatic heterocycles. The summed E-state index contributed by atoms with van der Waals surface area (Å²) in [4.78, 5) is 11.9. The van der Waals surface area contributed by atoms with Crippen molar-refractivity contribution in [2.24, 2.45) is 0 Å². The lowest BCUT2D eigenvalue weighted by Crippen LogP contribution is -2.23. The first-order chi connectivity index (χ1) is 6.25. The lowest BCUT2D eigenvalue weighted by molar-refractivity contribution is 0.0959. The van der Waals surface area contributed by atoms with Crippen molar-refractivity contribution in [2.45, 2.75) is 6.42 Å². The molecule has 1 aromatic rings. The predicted octanol–water partition coefficient (Wildman–Crippen LogP) is 1.08. The smallest absolute Gasteiger partial charge is 0.263 e. The van der Waals surface area contributed by atoms with E-state index in [1.165, 1.54) is 11.3 Å². The van der Waals surface area contributed by atoms with Crippen molar-refractivity contribution in [3.8, 4) is 12.3 Å². The van der Waals surface area contributed by atoms with Crippen LogP contribution in [-0.4, -0.2) is 12.5 Å². The van der Waals surface area contributed by atoms with E-state index in [4.69, 9.17) is 12.2 Å². The van der Waals surface area contributed by atoms with Crippen LogP contribution in [0.1, 0.15) is 16.1 Å². The molecule has 1 heterocycles. The third-order valence-corrected chi connectivity index (χ3v) is 2.39. The van der Waals surface area contributed by atoms with Crippen LogP contribution in [-0.2, 0) is 0 Å². The summed E-state index contributed by atoms with van der Waals surface area (Å²) in [6.45, 7) is 0.493. The number of amides is 1. The quantitative estimate of drug-likeness (QED) is 0.559. The molecule has 1 aromatic heterocycles. The Morgan fingerprint density at radius 1 is 1.77 bits per heavy atom. The van der Waals surface area contributed by atoms with Gasteiger partial charge in [-0.2, -0.15) is 0 Å². The minimum Gasteiger partial charge on any atom is -0.397 e. The van der Waals surface area contributed by atoms with Gasteiger partial charge in [0.1, 0.15) is 4.88 Å². The van der Waals surface area contributed by atoms with Crippen LogP contribution in [0.5, 0.6) is 0 Å². The minimum absolute atomic E-state index is 0.150. The summed E-state index contributed by atoms with van der Waals surface area (Å²) in [7, 11) is 0. The zero-order valence-corrected chi connectivity index (χ0v) is 7.86. The molecule has 0 fully saturated rings. The van der Waals surface area contributed by atoms with Crippen molar-refractivity contribution < 1.29 is 4.79 Å². The molecule has 1 amide bonds. The molecule has 13 heavy (non-hydrogen) atoms. The monoisotopic (exact) mass is 194 g/mol. The predicted molar refractivity (Wildman–Crippen MR) is 54.5 cm³/mol. The number of nitrogens with two attached hydrogens (primary N) is 1. The largest absolute Gasteiger partial charge is 0.397 e. The van der Waals surface area contributed by atoms with E-state index in [-0.39, 0.29) is 5.91 Å². The number of carbonyl (C=O) groups is 1. The minimum atomic E-state index is -0.150. The summed E-state index contributed by atoms with van der Waals surface area (Å²) < 4.78 is 0. The first kappa shape index (κ1) is 9.62. The second-order valence-electron chi connectivity index (χ2n) is 2.42. The van der Waals surface area contributed by atoms with Gasteiger partial charge in [-0.25, -0.2) is 0 Å². The van der Waals surface area contributed by atoms with Gasteiger partial charge in [-0.3, -0.25) is 4.79 Å². The van der Waals surface area contributed by atoms with Crippen molar-refractivity contribution in [1.29, 1.82) is 0 Å². The summed E-state index contributed by atoms with van der Waals surface area (Å²) in [5.41, 5.74) is 6.07. The number of nitrogen functional groups attached to an aromatic ring is 1. The fourth-order valence-electron chi connectivity index (χ4n) is 0.832. The molecule has 0 saturated heterocycles. The van der Waals surface area contributed by atoms with Gasteiger partial charge in [-0.05, 0) is 11.4 Å². The second kappa shape index (κ2) is 4.53. The van der Waals surface area contributed by atoms with Crippen LogP contribution in [0.15, 0.2) is 11.4 Å². The molecule has 68 valence electrons. The summed E-state index contributed by atoms with van der Waals surface area (Å²) >= 11 is 1.33. The van der Waals surface area contributed by atoms with Gasteiger partial charge < -0.3 is 11.1 Å². The number of carbonyl (C=O) groups excluding carboxylic acids is 1. The molecule has 0 atom stereocenters. The Kier molecular flexibility index (Phi) is 3.35. The van der Waals surface area contributed by atoms with Crippen LogP contribution in [0.25, 0.3) is 0 Å². The van der Waals surface area contributed by atoms with Gasteiger partial charge >= 0.3 is 0 Å². The molecule has 0 aromatic carbocycles. The highest BCUT2D eigenvalue weighted by Gasteiger charge is 2.09. The summed E-state index contributed by atoms with van der Waals surface area (Å²) in [5.74, 6) is 2.29. The molecular weight excluding hydrogens is 184 g/mol. The van der Waals surface area contributed by atoms with Crippen LogP contribution in [0.2, 0.25) is 0 Å². The van der Waals surface area contributed by atoms with Gasteiger partial charge in [0.25, 0.3) is 5.91 Å². The molecular formula is C9H10N2OS. The van der Waals surface area contributed by atoms with Crippen molar-refractivity contribution in [1.82, 2.24) is 5.32 Å². The number of hydrogen-bond donors (Lipinski definition) is 2. The number of nitrogens with one attached hydrogen (secondary N) is 1. The molecule has 4 heteroatoms. The normalized spacial score (nSPS) is 9.15. The highest BCUT2D eigenvalue weighted by molar-refractivity contribution is 7.12. The van der Waals surface area contributed by atoms with Crippen molar-refractivity contribution >= 4 is 22.9 Å². The number of anilines is 1. The fraction of sp³-hybridized carbons (Fsp3) is 0.222. The van der Waals surface area contributed by atoms with E-state index in [9.17, 15) is 4.79 Å². The zero-order chi connectivity index (χ0) is 9.68. The van der Waals surface area contributed by atoms with Gasteiger partial charge in [0.2, 0.25) is 0 Å². The zero-order valence-electron chi connectivity index (χ0n) is 7.04. The van der Waals surface area contributed by atoms with Gasteiger partial charge in [0.15, 0.2) is 0 Å². The first-order valence-electron chi connectivity index (χ1n) is 3.80. The third-order valence-electron chi connectivity index (χ3n) is 1.46. The number of thiophene rings is 1. The molecule has 0 saturated carbocycles. The first-order valence-corrected chi connectivity index (χ1v) is 4.68. The van der Waals surface area contributed by atoms with E-state index >= 15 is 0 Å². The summed E-state index contributed by atoms with van der Waals surface area (Å²) in [5, 5.41) is 4.46. The average molecular weight is 194 g/mol. The molecule has 0 aliphatic carbocycles. The van der Waals surface area contributed by atoms with E-state index in [1.807, 2.05) is 0 Å². The molecule has 0 bridgehead atoms. The van der Waals surface area contributed by atoms with Crippen molar-refractivity contribution in [3.05, 3.63) is 16.3 Å². The molecule has 0 spiro atoms. The molecule has 1 rings (SSSR count). The Morgan fingerprint density at radius 2 is 2.54 bits per heavy atom. The summed E-state index contributed by atoms with van der Waals surface area (Å²) in [6, 6.07) is 1.71. The molecule has 0 unspecified atom stereocenters. The number of hydrogen-bond acceptors (Lipinski definition) is 3. The molecule has 3 nitrogen and oxygen atoms in total. The van der Waals surface area contributed by atoms with E-state index < -0.39 is 0 Å². The Labute approximate surface area is 80.9 Å². The average Bonchev–Trinajstić information content (AvgIpc) is 2.52. The topological polar surface area (TPSA) is 55.1 Å². The van der Waals surface area contributed by atoms with Crippen LogP contribution >= 0.6 is 11.3 Å². The second-order valence-corrected chi connectivity index (χ2v) is 3.33. The van der Waals surface area contributed by atoms with Gasteiger partial charge in [-0.15, -0.1) is 23.7 Å². The van der Waals surface area contributed by atoms with E-state index in [0.717, 1.165) is 0 Å².